The molecule has 0 radical (unpaired) electrons. The molecule has 31 heavy (non-hydrogen) atoms. The maximum Gasteiger partial charge on any atom is 0.344 e. The van der Waals surface area contributed by atoms with E-state index in [1.165, 1.54) is 0 Å². The molecule has 1 N–H and O–H groups in total. The first-order valence-corrected chi connectivity index (χ1v) is 10.5. The largest absolute Gasteiger partial charge is 0.493 e. The number of benzene rings is 2. The first-order valence-electron chi connectivity index (χ1n) is 9.73. The van der Waals surface area contributed by atoms with Crippen LogP contribution < -0.4 is 24.4 Å². The van der Waals surface area contributed by atoms with E-state index in [-0.39, 0.29) is 6.61 Å². The standard InChI is InChI=1S/C22H27BrN2O6/c1-5-29-20-11-16(9-17(23)22(20)31-14-21(26)30-6-2)13-25-24-12-15-7-8-18(27-3)19(10-15)28-4/h7-11,13,24H,5-6,12,14H2,1-4H3/b25-13+. The number of ether oxygens (including phenoxy) is 5. The van der Waals surface area contributed by atoms with E-state index >= 15 is 0 Å². The van der Waals surface area contributed by atoms with Gasteiger partial charge in [-0.1, -0.05) is 6.07 Å². The van der Waals surface area contributed by atoms with Gasteiger partial charge < -0.3 is 29.1 Å². The molecule has 0 spiro atoms. The number of hydrogen-bond acceptors (Lipinski definition) is 8. The third-order valence-corrected chi connectivity index (χ3v) is 4.60. The predicted molar refractivity (Wildman–Crippen MR) is 121 cm³/mol. The van der Waals surface area contributed by atoms with E-state index in [0.29, 0.717) is 47.2 Å². The van der Waals surface area contributed by atoms with Gasteiger partial charge in [0, 0.05) is 0 Å². The monoisotopic (exact) mass is 494 g/mol. The fourth-order valence-electron chi connectivity index (χ4n) is 2.65. The molecule has 0 aliphatic heterocycles. The molecule has 0 saturated carbocycles. The molecule has 0 fully saturated rings. The summed E-state index contributed by atoms with van der Waals surface area (Å²) in [6, 6.07) is 9.28. The van der Waals surface area contributed by atoms with Gasteiger partial charge in [0.1, 0.15) is 0 Å². The van der Waals surface area contributed by atoms with E-state index < -0.39 is 5.97 Å². The molecule has 0 aliphatic carbocycles. The Hall–Kier alpha value is -2.94. The number of carbonyl (C=O) groups is 1. The lowest BCUT2D eigenvalue weighted by Crippen LogP contribution is -2.15. The van der Waals surface area contributed by atoms with Crippen LogP contribution in [0.2, 0.25) is 0 Å². The number of carbonyl (C=O) groups excluding carboxylic acids is 1. The number of hydrogen-bond donors (Lipinski definition) is 1. The van der Waals surface area contributed by atoms with Crippen molar-refractivity contribution in [1.29, 1.82) is 0 Å². The molecule has 2 aromatic rings. The molecule has 0 aromatic heterocycles. The van der Waals surface area contributed by atoms with Crippen molar-refractivity contribution in [1.82, 2.24) is 5.43 Å². The second kappa shape index (κ2) is 12.7. The summed E-state index contributed by atoms with van der Waals surface area (Å²) < 4.78 is 27.3. The molecule has 2 aromatic carbocycles. The van der Waals surface area contributed by atoms with Crippen LogP contribution in [0.25, 0.3) is 0 Å². The minimum atomic E-state index is -0.443. The van der Waals surface area contributed by atoms with E-state index in [0.717, 1.165) is 11.1 Å². The minimum Gasteiger partial charge on any atom is -0.493 e. The predicted octanol–water partition coefficient (Wildman–Crippen LogP) is 3.93. The Morgan fingerprint density at radius 3 is 2.48 bits per heavy atom. The zero-order chi connectivity index (χ0) is 22.6. The van der Waals surface area contributed by atoms with Crippen LogP contribution in [0, 0.1) is 0 Å². The number of nitrogens with one attached hydrogen (secondary N) is 1. The van der Waals surface area contributed by atoms with E-state index in [2.05, 4.69) is 26.5 Å². The van der Waals surface area contributed by atoms with Crippen LogP contribution in [0.4, 0.5) is 0 Å². The van der Waals surface area contributed by atoms with Crippen LogP contribution in [0.3, 0.4) is 0 Å². The number of rotatable bonds is 12. The highest BCUT2D eigenvalue weighted by molar-refractivity contribution is 9.10. The van der Waals surface area contributed by atoms with Crippen molar-refractivity contribution in [2.75, 3.05) is 34.0 Å². The highest BCUT2D eigenvalue weighted by atomic mass is 79.9. The lowest BCUT2D eigenvalue weighted by atomic mass is 10.2. The van der Waals surface area contributed by atoms with Gasteiger partial charge >= 0.3 is 5.97 Å². The van der Waals surface area contributed by atoms with Gasteiger partial charge in [-0.2, -0.15) is 5.10 Å². The molecule has 0 atom stereocenters. The molecule has 9 heteroatoms. The average Bonchev–Trinajstić information content (AvgIpc) is 2.76. The quantitative estimate of drug-likeness (QED) is 0.271. The molecule has 0 amide bonds. The average molecular weight is 495 g/mol. The molecular weight excluding hydrogens is 468 g/mol. The zero-order valence-corrected chi connectivity index (χ0v) is 19.7. The van der Waals surface area contributed by atoms with Crippen molar-refractivity contribution in [3.63, 3.8) is 0 Å². The van der Waals surface area contributed by atoms with Gasteiger partial charge in [-0.05, 0) is 65.2 Å². The number of halogens is 1. The van der Waals surface area contributed by atoms with Gasteiger partial charge in [0.25, 0.3) is 0 Å². The normalized spacial score (nSPS) is 10.6. The summed E-state index contributed by atoms with van der Waals surface area (Å²) in [5.41, 5.74) is 4.79. The number of nitrogens with zero attached hydrogens (tertiary/aromatic N) is 1. The van der Waals surface area contributed by atoms with E-state index in [1.807, 2.05) is 31.2 Å². The van der Waals surface area contributed by atoms with E-state index in [4.69, 9.17) is 23.7 Å². The molecule has 8 nitrogen and oxygen atoms in total. The van der Waals surface area contributed by atoms with E-state index in [9.17, 15) is 4.79 Å². The highest BCUT2D eigenvalue weighted by Gasteiger charge is 2.14. The van der Waals surface area contributed by atoms with Gasteiger partial charge in [-0.3, -0.25) is 0 Å². The Morgan fingerprint density at radius 1 is 1.03 bits per heavy atom. The first kappa shape index (κ1) is 24.3. The molecule has 0 saturated heterocycles. The van der Waals surface area contributed by atoms with Crippen LogP contribution in [0.15, 0.2) is 39.9 Å². The number of esters is 1. The third-order valence-electron chi connectivity index (χ3n) is 4.01. The van der Waals surface area contributed by atoms with Crippen molar-refractivity contribution >= 4 is 28.1 Å². The van der Waals surface area contributed by atoms with Crippen LogP contribution in [-0.4, -0.2) is 46.2 Å². The van der Waals surface area contributed by atoms with Crippen LogP contribution >= 0.6 is 15.9 Å². The summed E-state index contributed by atoms with van der Waals surface area (Å²) in [6.07, 6.45) is 1.67. The van der Waals surface area contributed by atoms with Crippen LogP contribution in [0.1, 0.15) is 25.0 Å². The Balaban J connectivity index is 2.05. The Morgan fingerprint density at radius 2 is 1.81 bits per heavy atom. The second-order valence-corrected chi connectivity index (χ2v) is 6.99. The lowest BCUT2D eigenvalue weighted by molar-refractivity contribution is -0.145. The van der Waals surface area contributed by atoms with E-state index in [1.54, 1.807) is 33.4 Å². The fourth-order valence-corrected chi connectivity index (χ4v) is 3.22. The Labute approximate surface area is 190 Å². The van der Waals surface area contributed by atoms with Gasteiger partial charge in [-0.25, -0.2) is 4.79 Å². The molecule has 0 heterocycles. The van der Waals surface area contributed by atoms with Gasteiger partial charge in [0.15, 0.2) is 29.6 Å². The lowest BCUT2D eigenvalue weighted by Gasteiger charge is -2.14. The maximum absolute atomic E-state index is 11.6. The summed E-state index contributed by atoms with van der Waals surface area (Å²) in [5.74, 6) is 1.83. The summed E-state index contributed by atoms with van der Waals surface area (Å²) in [6.45, 7) is 4.67. The molecular formula is C22H27BrN2O6. The fraction of sp³-hybridized carbons (Fsp3) is 0.364. The third kappa shape index (κ3) is 7.36. The topological polar surface area (TPSA) is 87.6 Å². The summed E-state index contributed by atoms with van der Waals surface area (Å²) in [4.78, 5) is 11.6. The highest BCUT2D eigenvalue weighted by Crippen LogP contribution is 2.36. The van der Waals surface area contributed by atoms with Crippen molar-refractivity contribution in [3.8, 4) is 23.0 Å². The Bertz CT molecular complexity index is 904. The van der Waals surface area contributed by atoms with Gasteiger partial charge in [0.2, 0.25) is 0 Å². The van der Waals surface area contributed by atoms with Gasteiger partial charge in [-0.15, -0.1) is 0 Å². The minimum absolute atomic E-state index is 0.202. The molecule has 0 aliphatic rings. The zero-order valence-electron chi connectivity index (χ0n) is 18.1. The van der Waals surface area contributed by atoms with Gasteiger partial charge in [0.05, 0.1) is 44.7 Å². The summed E-state index contributed by atoms with van der Waals surface area (Å²) in [7, 11) is 3.20. The molecule has 168 valence electrons. The molecule has 2 rings (SSSR count). The van der Waals surface area contributed by atoms with Crippen molar-refractivity contribution in [3.05, 3.63) is 45.9 Å². The number of hydrazone groups is 1. The van der Waals surface area contributed by atoms with Crippen molar-refractivity contribution in [2.24, 2.45) is 5.10 Å². The maximum atomic E-state index is 11.6. The SMILES string of the molecule is CCOC(=O)COc1c(Br)cc(/C=N/NCc2ccc(OC)c(OC)c2)cc1OCC. The molecule has 0 bridgehead atoms. The molecule has 0 unspecified atom stereocenters. The second-order valence-electron chi connectivity index (χ2n) is 6.14. The Kier molecular flexibility index (Phi) is 9.96. The summed E-state index contributed by atoms with van der Waals surface area (Å²) >= 11 is 3.47. The van der Waals surface area contributed by atoms with Crippen molar-refractivity contribution < 1.29 is 28.5 Å². The van der Waals surface area contributed by atoms with Crippen LogP contribution in [0.5, 0.6) is 23.0 Å². The number of methoxy groups -OCH3 is 2. The van der Waals surface area contributed by atoms with Crippen molar-refractivity contribution in [2.45, 2.75) is 20.4 Å². The van der Waals surface area contributed by atoms with Crippen LogP contribution in [-0.2, 0) is 16.1 Å². The summed E-state index contributed by atoms with van der Waals surface area (Å²) in [5, 5.41) is 4.27. The first-order chi connectivity index (χ1) is 15.0. The smallest absolute Gasteiger partial charge is 0.344 e.